The Kier molecular flexibility index (Phi) is 5.68. The first-order valence-corrected chi connectivity index (χ1v) is 9.57. The van der Waals surface area contributed by atoms with Gasteiger partial charge in [-0.1, -0.05) is 11.2 Å². The van der Waals surface area contributed by atoms with Crippen LogP contribution in [0, 0.1) is 0 Å². The highest BCUT2D eigenvalue weighted by Gasteiger charge is 2.50. The lowest BCUT2D eigenvalue weighted by atomic mass is 9.65. The summed E-state index contributed by atoms with van der Waals surface area (Å²) in [5.41, 5.74) is 2.55. The van der Waals surface area contributed by atoms with Gasteiger partial charge in [0.25, 0.3) is 0 Å². The van der Waals surface area contributed by atoms with Crippen molar-refractivity contribution in [2.45, 2.75) is 56.8 Å². The Morgan fingerprint density at radius 1 is 1.11 bits per heavy atom. The Morgan fingerprint density at radius 2 is 1.85 bits per heavy atom. The summed E-state index contributed by atoms with van der Waals surface area (Å²) in [6.45, 7) is 4.82. The maximum atomic E-state index is 5.62. The molecule has 0 amide bonds. The minimum atomic E-state index is -0.702. The van der Waals surface area contributed by atoms with E-state index >= 15 is 0 Å². The molecule has 1 aromatic rings. The molecule has 3 rings (SSSR count). The Hall–Kier alpha value is -1.79. The lowest BCUT2D eigenvalue weighted by Crippen LogP contribution is -2.46. The lowest BCUT2D eigenvalue weighted by molar-refractivity contribution is -0.197. The largest absolute Gasteiger partial charge is 0.493 e. The van der Waals surface area contributed by atoms with Crippen molar-refractivity contribution >= 4 is 5.71 Å². The van der Waals surface area contributed by atoms with E-state index in [1.54, 1.807) is 21.3 Å². The van der Waals surface area contributed by atoms with Crippen LogP contribution >= 0.6 is 0 Å². The van der Waals surface area contributed by atoms with Gasteiger partial charge in [-0.25, -0.2) is 0 Å². The molecule has 0 N–H and O–H groups in total. The molecule has 2 aliphatic rings. The van der Waals surface area contributed by atoms with Crippen molar-refractivity contribution in [1.29, 1.82) is 0 Å². The quantitative estimate of drug-likeness (QED) is 0.561. The minimum absolute atomic E-state index is 0.115. The summed E-state index contributed by atoms with van der Waals surface area (Å²) in [5, 5.41) is 4.43. The number of nitrogens with zero attached hydrogens (tertiary/aromatic N) is 2. The predicted molar refractivity (Wildman–Crippen MR) is 106 cm³/mol. The molecule has 6 nitrogen and oxygen atoms in total. The lowest BCUT2D eigenvalue weighted by Gasteiger charge is -2.42. The van der Waals surface area contributed by atoms with Gasteiger partial charge >= 0.3 is 0 Å². The summed E-state index contributed by atoms with van der Waals surface area (Å²) in [6, 6.07) is 6.77. The van der Waals surface area contributed by atoms with E-state index in [9.17, 15) is 0 Å². The van der Waals surface area contributed by atoms with E-state index in [4.69, 9.17) is 19.0 Å². The van der Waals surface area contributed by atoms with Crippen molar-refractivity contribution in [1.82, 2.24) is 4.90 Å². The third kappa shape index (κ3) is 3.78. The van der Waals surface area contributed by atoms with Crippen LogP contribution in [0.25, 0.3) is 0 Å². The maximum absolute atomic E-state index is 5.62. The number of rotatable bonds is 6. The molecule has 1 saturated carbocycles. The van der Waals surface area contributed by atoms with Crippen LogP contribution in [-0.4, -0.2) is 57.4 Å². The van der Waals surface area contributed by atoms with Gasteiger partial charge in [0.1, 0.15) is 0 Å². The third-order valence-corrected chi connectivity index (χ3v) is 6.21. The summed E-state index contributed by atoms with van der Waals surface area (Å²) in [4.78, 5) is 8.07. The minimum Gasteiger partial charge on any atom is -0.493 e. The molecule has 2 fully saturated rings. The van der Waals surface area contributed by atoms with Crippen LogP contribution in [0.5, 0.6) is 11.5 Å². The van der Waals surface area contributed by atoms with Crippen LogP contribution in [-0.2, 0) is 15.0 Å². The van der Waals surface area contributed by atoms with Gasteiger partial charge in [-0.3, -0.25) is 0 Å². The Morgan fingerprint density at radius 3 is 2.52 bits per heavy atom. The average Bonchev–Trinajstić information content (AvgIpc) is 3.03. The molecular weight excluding hydrogens is 344 g/mol. The number of ether oxygens (including phenoxy) is 3. The zero-order chi connectivity index (χ0) is 19.7. The van der Waals surface area contributed by atoms with Crippen LogP contribution in [0.4, 0.5) is 0 Å². The first-order chi connectivity index (χ1) is 12.8. The highest BCUT2D eigenvalue weighted by Crippen LogP contribution is 2.49. The fourth-order valence-corrected chi connectivity index (χ4v) is 4.38. The molecule has 1 aliphatic carbocycles. The number of oxime groups is 1. The van der Waals surface area contributed by atoms with Crippen molar-refractivity contribution in [3.8, 4) is 11.5 Å². The Balaban J connectivity index is 1.87. The molecule has 150 valence electrons. The maximum Gasteiger partial charge on any atom is 0.230 e. The van der Waals surface area contributed by atoms with Crippen molar-refractivity contribution in [3.63, 3.8) is 0 Å². The van der Waals surface area contributed by atoms with Gasteiger partial charge in [-0.05, 0) is 50.6 Å². The monoisotopic (exact) mass is 376 g/mol. The highest BCUT2D eigenvalue weighted by molar-refractivity contribution is 5.86. The van der Waals surface area contributed by atoms with Crippen LogP contribution in [0.15, 0.2) is 23.4 Å². The fraction of sp³-hybridized carbons (Fsp3) is 0.667. The molecule has 0 radical (unpaired) electrons. The normalized spacial score (nSPS) is 27.5. The zero-order valence-electron chi connectivity index (χ0n) is 17.4. The van der Waals surface area contributed by atoms with Crippen molar-refractivity contribution < 1.29 is 19.0 Å². The fourth-order valence-electron chi connectivity index (χ4n) is 4.38. The summed E-state index contributed by atoms with van der Waals surface area (Å²) in [5.74, 6) is 0.864. The van der Waals surface area contributed by atoms with Crippen LogP contribution in [0.2, 0.25) is 0 Å². The van der Waals surface area contributed by atoms with Crippen LogP contribution < -0.4 is 9.47 Å². The number of benzene rings is 1. The molecule has 1 saturated heterocycles. The van der Waals surface area contributed by atoms with Gasteiger partial charge in [-0.15, -0.1) is 0 Å². The summed E-state index contributed by atoms with van der Waals surface area (Å²) < 4.78 is 16.3. The molecule has 1 aliphatic heterocycles. The Labute approximate surface area is 162 Å². The number of likely N-dealkylation sites (N-methyl/N-ethyl adjacent to an activating group) is 1. The second-order valence-electron chi connectivity index (χ2n) is 8.03. The molecule has 1 heterocycles. The van der Waals surface area contributed by atoms with Crippen LogP contribution in [0.3, 0.4) is 0 Å². The first kappa shape index (κ1) is 20.0. The van der Waals surface area contributed by atoms with Crippen molar-refractivity contribution in [2.75, 3.05) is 34.9 Å². The van der Waals surface area contributed by atoms with Gasteiger partial charge in [-0.2, -0.15) is 0 Å². The topological polar surface area (TPSA) is 52.5 Å². The van der Waals surface area contributed by atoms with Gasteiger partial charge in [0, 0.05) is 38.8 Å². The van der Waals surface area contributed by atoms with E-state index in [-0.39, 0.29) is 5.41 Å². The van der Waals surface area contributed by atoms with E-state index in [1.165, 1.54) is 5.56 Å². The smallest absolute Gasteiger partial charge is 0.230 e. The molecule has 6 heteroatoms. The van der Waals surface area contributed by atoms with E-state index in [2.05, 4.69) is 29.2 Å². The molecule has 0 spiro atoms. The van der Waals surface area contributed by atoms with Crippen molar-refractivity contribution in [2.24, 2.45) is 5.16 Å². The predicted octanol–water partition coefficient (Wildman–Crippen LogP) is 3.58. The second kappa shape index (κ2) is 7.68. The molecule has 2 unspecified atom stereocenters. The Bertz CT molecular complexity index is 703. The standard InChI is InChI=1S/C21H32N2O4/c1-20(2,26-6)27-22-16-9-10-21(11-12-23(3)19(21)14-16)15-7-8-17(24-4)18(13-15)25-5/h7-8,13,19H,9-12,14H2,1-6H3. The SMILES string of the molecule is COc1ccc(C23CCC(=NOC(C)(C)OC)CC2N(C)CC3)cc1OC. The molecule has 27 heavy (non-hydrogen) atoms. The third-order valence-electron chi connectivity index (χ3n) is 6.21. The second-order valence-corrected chi connectivity index (χ2v) is 8.03. The summed E-state index contributed by atoms with van der Waals surface area (Å²) >= 11 is 0. The highest BCUT2D eigenvalue weighted by atomic mass is 16.8. The van der Waals surface area contributed by atoms with Crippen LogP contribution in [0.1, 0.15) is 45.1 Å². The summed E-state index contributed by atoms with van der Waals surface area (Å²) in [7, 11) is 7.20. The zero-order valence-corrected chi connectivity index (χ0v) is 17.4. The van der Waals surface area contributed by atoms with E-state index in [0.29, 0.717) is 6.04 Å². The number of fused-ring (bicyclic) bond motifs is 1. The summed E-state index contributed by atoms with van der Waals surface area (Å²) in [6.07, 6.45) is 4.03. The van der Waals surface area contributed by atoms with E-state index < -0.39 is 5.79 Å². The number of methoxy groups -OCH3 is 3. The van der Waals surface area contributed by atoms with Gasteiger partial charge in [0.05, 0.1) is 19.9 Å². The number of hydrogen-bond acceptors (Lipinski definition) is 6. The van der Waals surface area contributed by atoms with Gasteiger partial charge < -0.3 is 23.9 Å². The van der Waals surface area contributed by atoms with E-state index in [1.807, 2.05) is 19.9 Å². The molecule has 1 aromatic carbocycles. The van der Waals surface area contributed by atoms with Crippen molar-refractivity contribution in [3.05, 3.63) is 23.8 Å². The van der Waals surface area contributed by atoms with Gasteiger partial charge in [0.15, 0.2) is 11.5 Å². The molecular formula is C21H32N2O4. The number of likely N-dealkylation sites (tertiary alicyclic amines) is 1. The first-order valence-electron chi connectivity index (χ1n) is 9.57. The molecule has 0 aromatic heterocycles. The van der Waals surface area contributed by atoms with Gasteiger partial charge in [0.2, 0.25) is 5.79 Å². The number of hydrogen-bond donors (Lipinski definition) is 0. The molecule has 2 atom stereocenters. The van der Waals surface area contributed by atoms with E-state index in [0.717, 1.165) is 49.4 Å². The average molecular weight is 376 g/mol. The molecule has 0 bridgehead atoms.